The number of hydrogen-bond donors (Lipinski definition) is 0. The average molecular weight is 284 g/mol. The van der Waals surface area contributed by atoms with Crippen molar-refractivity contribution in [2.75, 3.05) is 7.11 Å². The molecule has 1 aromatic rings. The predicted octanol–water partition coefficient (Wildman–Crippen LogP) is 1.65. The number of esters is 1. The minimum Gasteiger partial charge on any atom is -0.469 e. The van der Waals surface area contributed by atoms with Gasteiger partial charge in [-0.2, -0.15) is 8.42 Å². The van der Waals surface area contributed by atoms with Crippen molar-refractivity contribution < 1.29 is 22.1 Å². The summed E-state index contributed by atoms with van der Waals surface area (Å²) in [6, 6.07) is 6.46. The van der Waals surface area contributed by atoms with Gasteiger partial charge in [-0.15, -0.1) is 0 Å². The van der Waals surface area contributed by atoms with Crippen LogP contribution < -0.4 is 0 Å². The molecule has 0 aromatic heterocycles. The Labute approximate surface area is 112 Å². The number of benzene rings is 1. The van der Waals surface area contributed by atoms with Crippen LogP contribution in [0.1, 0.15) is 18.4 Å². The highest BCUT2D eigenvalue weighted by atomic mass is 32.2. The summed E-state index contributed by atoms with van der Waals surface area (Å²) in [4.78, 5) is 11.3. The second-order valence-electron chi connectivity index (χ2n) is 4.68. The van der Waals surface area contributed by atoms with Crippen molar-refractivity contribution in [3.8, 4) is 0 Å². The van der Waals surface area contributed by atoms with E-state index in [9.17, 15) is 13.2 Å². The van der Waals surface area contributed by atoms with E-state index in [0.29, 0.717) is 12.8 Å². The fourth-order valence-electron chi connectivity index (χ4n) is 1.94. The van der Waals surface area contributed by atoms with Crippen LogP contribution in [0.15, 0.2) is 29.2 Å². The summed E-state index contributed by atoms with van der Waals surface area (Å²) in [5.41, 5.74) is 0.980. The summed E-state index contributed by atoms with van der Waals surface area (Å²) in [7, 11) is -2.43. The minimum absolute atomic E-state index is 0.139. The van der Waals surface area contributed by atoms with Crippen molar-refractivity contribution >= 4 is 16.1 Å². The first kappa shape index (κ1) is 14.0. The molecule has 0 radical (unpaired) electrons. The van der Waals surface area contributed by atoms with Crippen LogP contribution in [0.4, 0.5) is 0 Å². The number of carbonyl (C=O) groups excluding carboxylic acids is 1. The van der Waals surface area contributed by atoms with Crippen LogP contribution in [-0.4, -0.2) is 27.6 Å². The molecule has 1 saturated carbocycles. The highest BCUT2D eigenvalue weighted by Crippen LogP contribution is 2.33. The Morgan fingerprint density at radius 1 is 1.21 bits per heavy atom. The Balaban J connectivity index is 1.97. The molecular weight excluding hydrogens is 268 g/mol. The molecule has 5 nitrogen and oxygen atoms in total. The number of aryl methyl sites for hydroxylation is 1. The molecule has 1 aliphatic carbocycles. The van der Waals surface area contributed by atoms with Crippen LogP contribution in [-0.2, 0) is 23.8 Å². The highest BCUT2D eigenvalue weighted by Gasteiger charge is 2.39. The summed E-state index contributed by atoms with van der Waals surface area (Å²) >= 11 is 0. The topological polar surface area (TPSA) is 69.7 Å². The maximum atomic E-state index is 12.0. The molecule has 0 bridgehead atoms. The van der Waals surface area contributed by atoms with E-state index < -0.39 is 16.2 Å². The Kier molecular flexibility index (Phi) is 3.91. The second-order valence-corrected chi connectivity index (χ2v) is 6.25. The molecule has 0 heterocycles. The van der Waals surface area contributed by atoms with Gasteiger partial charge in [-0.25, -0.2) is 0 Å². The molecule has 0 unspecified atom stereocenters. The van der Waals surface area contributed by atoms with Crippen LogP contribution in [0, 0.1) is 12.8 Å². The number of rotatable bonds is 4. The van der Waals surface area contributed by atoms with Gasteiger partial charge in [0.1, 0.15) is 0 Å². The highest BCUT2D eigenvalue weighted by molar-refractivity contribution is 7.86. The SMILES string of the molecule is COC(=O)[C@H]1C[C@H](OS(=O)(=O)c2ccc(C)cc2)C1. The maximum absolute atomic E-state index is 12.0. The number of ether oxygens (including phenoxy) is 1. The van der Waals surface area contributed by atoms with Crippen LogP contribution in [0.2, 0.25) is 0 Å². The van der Waals surface area contributed by atoms with Crippen LogP contribution in [0.25, 0.3) is 0 Å². The lowest BCUT2D eigenvalue weighted by Gasteiger charge is -2.32. The first-order valence-electron chi connectivity index (χ1n) is 6.00. The van der Waals surface area contributed by atoms with Gasteiger partial charge in [0.15, 0.2) is 0 Å². The zero-order chi connectivity index (χ0) is 14.0. The molecule has 0 aliphatic heterocycles. The summed E-state index contributed by atoms with van der Waals surface area (Å²) < 4.78 is 33.6. The van der Waals surface area contributed by atoms with E-state index in [2.05, 4.69) is 4.74 Å². The quantitative estimate of drug-likeness (QED) is 0.621. The molecule has 1 aromatic carbocycles. The van der Waals surface area contributed by atoms with Gasteiger partial charge in [0.25, 0.3) is 10.1 Å². The lowest BCUT2D eigenvalue weighted by atomic mass is 9.83. The van der Waals surface area contributed by atoms with Gasteiger partial charge in [0.2, 0.25) is 0 Å². The van der Waals surface area contributed by atoms with Crippen LogP contribution >= 0.6 is 0 Å². The predicted molar refractivity (Wildman–Crippen MR) is 68.0 cm³/mol. The van der Waals surface area contributed by atoms with E-state index in [4.69, 9.17) is 4.18 Å². The minimum atomic E-state index is -3.75. The van der Waals surface area contributed by atoms with Gasteiger partial charge in [-0.05, 0) is 31.9 Å². The van der Waals surface area contributed by atoms with Crippen molar-refractivity contribution in [2.45, 2.75) is 30.8 Å². The third kappa shape index (κ3) is 3.13. The normalized spacial score (nSPS) is 22.6. The molecule has 0 amide bonds. The third-order valence-electron chi connectivity index (χ3n) is 3.20. The Hall–Kier alpha value is -1.40. The molecule has 19 heavy (non-hydrogen) atoms. The van der Waals surface area contributed by atoms with Gasteiger partial charge in [-0.1, -0.05) is 17.7 Å². The smallest absolute Gasteiger partial charge is 0.308 e. The van der Waals surface area contributed by atoms with Crippen LogP contribution in [0.5, 0.6) is 0 Å². The van der Waals surface area contributed by atoms with Crippen LogP contribution in [0.3, 0.4) is 0 Å². The number of hydrogen-bond acceptors (Lipinski definition) is 5. The number of carbonyl (C=O) groups is 1. The molecule has 0 spiro atoms. The van der Waals surface area contributed by atoms with Gasteiger partial charge >= 0.3 is 5.97 Å². The third-order valence-corrected chi connectivity index (χ3v) is 4.58. The first-order valence-corrected chi connectivity index (χ1v) is 7.41. The Morgan fingerprint density at radius 2 is 1.79 bits per heavy atom. The fourth-order valence-corrected chi connectivity index (χ4v) is 3.04. The van der Waals surface area contributed by atoms with E-state index in [0.717, 1.165) is 5.56 Å². The summed E-state index contributed by atoms with van der Waals surface area (Å²) in [5, 5.41) is 0. The summed E-state index contributed by atoms with van der Waals surface area (Å²) in [6.07, 6.45) is 0.339. The van der Waals surface area contributed by atoms with Crippen molar-refractivity contribution in [3.63, 3.8) is 0 Å². The second kappa shape index (κ2) is 5.30. The van der Waals surface area contributed by atoms with E-state index >= 15 is 0 Å². The molecule has 2 rings (SSSR count). The van der Waals surface area contributed by atoms with E-state index in [1.165, 1.54) is 19.2 Å². The molecule has 1 aliphatic rings. The van der Waals surface area contributed by atoms with Gasteiger partial charge in [0, 0.05) is 0 Å². The van der Waals surface area contributed by atoms with E-state index in [-0.39, 0.29) is 16.8 Å². The molecule has 0 N–H and O–H groups in total. The molecule has 104 valence electrons. The van der Waals surface area contributed by atoms with Gasteiger partial charge in [0.05, 0.1) is 24.0 Å². The Bertz CT molecular complexity index is 555. The molecular formula is C13H16O5S. The lowest BCUT2D eigenvalue weighted by Crippen LogP contribution is -2.38. The molecule has 0 saturated heterocycles. The molecule has 1 fully saturated rings. The average Bonchev–Trinajstić information content (AvgIpc) is 2.33. The Morgan fingerprint density at radius 3 is 2.32 bits per heavy atom. The monoisotopic (exact) mass is 284 g/mol. The lowest BCUT2D eigenvalue weighted by molar-refractivity contribution is -0.151. The first-order chi connectivity index (χ1) is 8.92. The summed E-state index contributed by atoms with van der Waals surface area (Å²) in [6.45, 7) is 1.88. The van der Waals surface area contributed by atoms with Crippen molar-refractivity contribution in [1.29, 1.82) is 0 Å². The standard InChI is InChI=1S/C13H16O5S/c1-9-3-5-12(6-4-9)19(15,16)18-11-7-10(8-11)13(14)17-2/h3-6,10-11H,7-8H2,1-2H3/t10-,11-. The molecule has 0 atom stereocenters. The van der Waals surface area contributed by atoms with Gasteiger partial charge in [-0.3, -0.25) is 8.98 Å². The van der Waals surface area contributed by atoms with Crippen molar-refractivity contribution in [1.82, 2.24) is 0 Å². The van der Waals surface area contributed by atoms with Crippen molar-refractivity contribution in [3.05, 3.63) is 29.8 Å². The molecule has 6 heteroatoms. The zero-order valence-corrected chi connectivity index (χ0v) is 11.6. The maximum Gasteiger partial charge on any atom is 0.308 e. The van der Waals surface area contributed by atoms with E-state index in [1.54, 1.807) is 12.1 Å². The largest absolute Gasteiger partial charge is 0.469 e. The number of methoxy groups -OCH3 is 1. The zero-order valence-electron chi connectivity index (χ0n) is 10.8. The van der Waals surface area contributed by atoms with Gasteiger partial charge < -0.3 is 4.74 Å². The fraction of sp³-hybridized carbons (Fsp3) is 0.462. The van der Waals surface area contributed by atoms with Crippen molar-refractivity contribution in [2.24, 2.45) is 5.92 Å². The summed E-state index contributed by atoms with van der Waals surface area (Å²) in [5.74, 6) is -0.559. The van der Waals surface area contributed by atoms with E-state index in [1.807, 2.05) is 6.92 Å².